The van der Waals surface area contributed by atoms with Gasteiger partial charge in [-0.2, -0.15) is 10.4 Å². The van der Waals surface area contributed by atoms with E-state index in [1.165, 1.54) is 0 Å². The monoisotopic (exact) mass is 387 g/mol. The summed E-state index contributed by atoms with van der Waals surface area (Å²) in [5.41, 5.74) is 3.94. The maximum absolute atomic E-state index is 12.3. The van der Waals surface area contributed by atoms with E-state index in [0.717, 1.165) is 24.2 Å². The zero-order chi connectivity index (χ0) is 20.5. The summed E-state index contributed by atoms with van der Waals surface area (Å²) in [7, 11) is 0. The lowest BCUT2D eigenvalue weighted by molar-refractivity contribution is 0.309. The van der Waals surface area contributed by atoms with E-state index in [1.54, 1.807) is 18.3 Å². The van der Waals surface area contributed by atoms with Crippen molar-refractivity contribution in [2.24, 2.45) is 5.10 Å². The molecule has 1 heterocycles. The van der Waals surface area contributed by atoms with Crippen molar-refractivity contribution < 1.29 is 4.74 Å². The summed E-state index contributed by atoms with van der Waals surface area (Å²) >= 11 is 0. The van der Waals surface area contributed by atoms with Crippen LogP contribution in [0, 0.1) is 11.3 Å². The predicted octanol–water partition coefficient (Wildman–Crippen LogP) is 3.93. The smallest absolute Gasteiger partial charge is 0.270 e. The van der Waals surface area contributed by atoms with Gasteiger partial charge in [-0.05, 0) is 18.6 Å². The number of hydrogen-bond donors (Lipinski definition) is 2. The summed E-state index contributed by atoms with van der Waals surface area (Å²) in [6, 6.07) is 18.5. The zero-order valence-electron chi connectivity index (χ0n) is 16.1. The molecule has 0 bridgehead atoms. The van der Waals surface area contributed by atoms with E-state index in [0.29, 0.717) is 17.9 Å². The lowest BCUT2D eigenvalue weighted by atomic mass is 10.1. The number of unbranched alkanes of at least 4 members (excludes halogenated alkanes) is 1. The van der Waals surface area contributed by atoms with Crippen LogP contribution in [0.4, 0.5) is 5.95 Å². The van der Waals surface area contributed by atoms with Crippen molar-refractivity contribution in [3.63, 3.8) is 0 Å². The van der Waals surface area contributed by atoms with Crippen LogP contribution in [-0.4, -0.2) is 22.8 Å². The van der Waals surface area contributed by atoms with E-state index in [4.69, 9.17) is 4.74 Å². The van der Waals surface area contributed by atoms with Crippen molar-refractivity contribution in [2.75, 3.05) is 12.0 Å². The Morgan fingerprint density at radius 1 is 1.21 bits per heavy atom. The normalized spacial score (nSPS) is 10.6. The fraction of sp³-hybridized carbons (Fsp3) is 0.182. The molecular formula is C22H21N5O2. The fourth-order valence-electron chi connectivity index (χ4n) is 2.64. The summed E-state index contributed by atoms with van der Waals surface area (Å²) in [6.45, 7) is 2.75. The summed E-state index contributed by atoms with van der Waals surface area (Å²) < 4.78 is 5.78. The van der Waals surface area contributed by atoms with Crippen LogP contribution in [0.3, 0.4) is 0 Å². The van der Waals surface area contributed by atoms with Gasteiger partial charge in [0.15, 0.2) is 0 Å². The van der Waals surface area contributed by atoms with E-state index in [-0.39, 0.29) is 11.5 Å². The maximum atomic E-state index is 12.3. The first kappa shape index (κ1) is 19.8. The van der Waals surface area contributed by atoms with E-state index in [1.807, 2.05) is 48.5 Å². The molecule has 0 saturated carbocycles. The number of hydrazone groups is 1. The number of aromatic nitrogens is 2. The second kappa shape index (κ2) is 9.85. The zero-order valence-corrected chi connectivity index (χ0v) is 16.1. The average molecular weight is 387 g/mol. The highest BCUT2D eigenvalue weighted by atomic mass is 16.5. The van der Waals surface area contributed by atoms with Crippen molar-refractivity contribution in [1.29, 1.82) is 5.26 Å². The third kappa shape index (κ3) is 5.08. The van der Waals surface area contributed by atoms with E-state index in [2.05, 4.69) is 27.4 Å². The predicted molar refractivity (Wildman–Crippen MR) is 113 cm³/mol. The summed E-state index contributed by atoms with van der Waals surface area (Å²) in [5, 5.41) is 13.5. The first-order valence-electron chi connectivity index (χ1n) is 9.33. The number of para-hydroxylation sites is 1. The van der Waals surface area contributed by atoms with Crippen LogP contribution in [-0.2, 0) is 0 Å². The molecule has 3 rings (SSSR count). The number of H-pyrrole nitrogens is 1. The largest absolute Gasteiger partial charge is 0.493 e. The van der Waals surface area contributed by atoms with E-state index < -0.39 is 5.56 Å². The average Bonchev–Trinajstić information content (AvgIpc) is 2.75. The third-order valence-electron chi connectivity index (χ3n) is 4.13. The second-order valence-corrected chi connectivity index (χ2v) is 6.23. The number of benzene rings is 2. The first-order valence-corrected chi connectivity index (χ1v) is 9.33. The highest BCUT2D eigenvalue weighted by Gasteiger charge is 2.12. The van der Waals surface area contributed by atoms with Crippen LogP contribution < -0.4 is 15.7 Å². The summed E-state index contributed by atoms with van der Waals surface area (Å²) in [4.78, 5) is 19.2. The molecule has 2 N–H and O–H groups in total. The molecule has 0 saturated heterocycles. The minimum Gasteiger partial charge on any atom is -0.493 e. The number of hydrogen-bond acceptors (Lipinski definition) is 6. The van der Waals surface area contributed by atoms with Gasteiger partial charge in [-0.15, -0.1) is 0 Å². The third-order valence-corrected chi connectivity index (χ3v) is 4.13. The molecule has 146 valence electrons. The Labute approximate surface area is 168 Å². The van der Waals surface area contributed by atoms with Gasteiger partial charge in [0.05, 0.1) is 18.5 Å². The minimum atomic E-state index is -0.526. The van der Waals surface area contributed by atoms with Gasteiger partial charge in [0.1, 0.15) is 17.4 Å². The number of aromatic amines is 1. The molecule has 7 nitrogen and oxygen atoms in total. The topological polar surface area (TPSA) is 103 Å². The van der Waals surface area contributed by atoms with Gasteiger partial charge in [0.2, 0.25) is 5.95 Å². The molecule has 0 spiro atoms. The molecule has 3 aromatic rings. The molecule has 0 aliphatic heterocycles. The molecular weight excluding hydrogens is 366 g/mol. The molecule has 0 unspecified atom stereocenters. The van der Waals surface area contributed by atoms with Crippen LogP contribution in [0.15, 0.2) is 64.5 Å². The van der Waals surface area contributed by atoms with Gasteiger partial charge < -0.3 is 4.74 Å². The van der Waals surface area contributed by atoms with Crippen molar-refractivity contribution in [1.82, 2.24) is 9.97 Å². The molecule has 0 fully saturated rings. The highest BCUT2D eigenvalue weighted by Crippen LogP contribution is 2.20. The number of nitriles is 1. The Balaban J connectivity index is 1.83. The maximum Gasteiger partial charge on any atom is 0.270 e. The highest BCUT2D eigenvalue weighted by molar-refractivity contribution is 5.83. The van der Waals surface area contributed by atoms with Gasteiger partial charge in [-0.1, -0.05) is 55.8 Å². The number of nitrogens with zero attached hydrogens (tertiary/aromatic N) is 3. The summed E-state index contributed by atoms with van der Waals surface area (Å²) in [6.07, 6.45) is 3.63. The quantitative estimate of drug-likeness (QED) is 0.346. The van der Waals surface area contributed by atoms with Gasteiger partial charge >= 0.3 is 0 Å². The van der Waals surface area contributed by atoms with Crippen LogP contribution in [0.1, 0.15) is 30.9 Å². The van der Waals surface area contributed by atoms with E-state index >= 15 is 0 Å². The number of nitrogens with one attached hydrogen (secondary N) is 2. The van der Waals surface area contributed by atoms with Crippen LogP contribution in [0.25, 0.3) is 11.3 Å². The van der Waals surface area contributed by atoms with Gasteiger partial charge in [0.25, 0.3) is 5.56 Å². The SMILES string of the molecule is CCCCOc1ccccc1C=NNc1nc(-c2ccccc2)c(C#N)c(=O)[nH]1. The molecule has 0 aliphatic rings. The Kier molecular flexibility index (Phi) is 6.74. The Bertz CT molecular complexity index is 1080. The lowest BCUT2D eigenvalue weighted by Crippen LogP contribution is -2.16. The van der Waals surface area contributed by atoms with Crippen molar-refractivity contribution in [2.45, 2.75) is 19.8 Å². The lowest BCUT2D eigenvalue weighted by Gasteiger charge is -2.08. The van der Waals surface area contributed by atoms with Crippen LogP contribution in [0.5, 0.6) is 5.75 Å². The Morgan fingerprint density at radius 3 is 2.72 bits per heavy atom. The van der Waals surface area contributed by atoms with Crippen molar-refractivity contribution in [3.05, 3.63) is 76.1 Å². The molecule has 0 radical (unpaired) electrons. The Morgan fingerprint density at radius 2 is 1.97 bits per heavy atom. The standard InChI is InChI=1S/C22H21N5O2/c1-2-3-13-29-19-12-8-7-11-17(19)15-24-27-22-25-20(16-9-5-4-6-10-16)18(14-23)21(28)26-22/h4-12,15H,2-3,13H2,1H3,(H2,25,26,27,28). The van der Waals surface area contributed by atoms with Gasteiger partial charge in [-0.3, -0.25) is 9.78 Å². The molecule has 1 aromatic heterocycles. The summed E-state index contributed by atoms with van der Waals surface area (Å²) in [5.74, 6) is 0.881. The van der Waals surface area contributed by atoms with Crippen LogP contribution in [0.2, 0.25) is 0 Å². The molecule has 0 amide bonds. The number of ether oxygens (including phenoxy) is 1. The van der Waals surface area contributed by atoms with Crippen LogP contribution >= 0.6 is 0 Å². The molecule has 0 atom stereocenters. The molecule has 0 aliphatic carbocycles. The Hall–Kier alpha value is -3.92. The molecule has 2 aromatic carbocycles. The molecule has 7 heteroatoms. The number of anilines is 1. The fourth-order valence-corrected chi connectivity index (χ4v) is 2.64. The first-order chi connectivity index (χ1) is 14.2. The minimum absolute atomic E-state index is 0.0413. The van der Waals surface area contributed by atoms with E-state index in [9.17, 15) is 10.1 Å². The number of rotatable bonds is 8. The van der Waals surface area contributed by atoms with Crippen molar-refractivity contribution >= 4 is 12.2 Å². The van der Waals surface area contributed by atoms with Crippen molar-refractivity contribution in [3.8, 4) is 23.1 Å². The van der Waals surface area contributed by atoms with Gasteiger partial charge in [0, 0.05) is 11.1 Å². The second-order valence-electron chi connectivity index (χ2n) is 6.23. The van der Waals surface area contributed by atoms with Gasteiger partial charge in [-0.25, -0.2) is 10.4 Å². The molecule has 29 heavy (non-hydrogen) atoms.